The third-order valence-electron chi connectivity index (χ3n) is 2.54. The zero-order valence-corrected chi connectivity index (χ0v) is 8.61. The Morgan fingerprint density at radius 2 is 2.27 bits per heavy atom. The summed E-state index contributed by atoms with van der Waals surface area (Å²) < 4.78 is 0. The molecule has 1 fully saturated rings. The number of aliphatic hydroxyl groups is 1. The van der Waals surface area contributed by atoms with E-state index in [1.165, 1.54) is 11.0 Å². The van der Waals surface area contributed by atoms with Gasteiger partial charge in [-0.3, -0.25) is 9.59 Å². The van der Waals surface area contributed by atoms with Crippen LogP contribution in [0.5, 0.6) is 0 Å². The number of piperidine rings is 1. The lowest BCUT2D eigenvalue weighted by molar-refractivity contribution is -0.137. The van der Waals surface area contributed by atoms with Crippen LogP contribution in [0.4, 0.5) is 0 Å². The molecule has 2 amide bonds. The highest BCUT2D eigenvalue weighted by Gasteiger charge is 2.35. The summed E-state index contributed by atoms with van der Waals surface area (Å²) in [6, 6.07) is 0. The van der Waals surface area contributed by atoms with Crippen molar-refractivity contribution in [1.29, 1.82) is 0 Å². The van der Waals surface area contributed by atoms with E-state index in [0.29, 0.717) is 19.4 Å². The molecule has 1 atom stereocenters. The third-order valence-corrected chi connectivity index (χ3v) is 2.54. The normalized spacial score (nSPS) is 26.1. The molecular formula is C10H16N2O3. The van der Waals surface area contributed by atoms with Crippen LogP contribution in [0.3, 0.4) is 0 Å². The predicted molar refractivity (Wildman–Crippen MR) is 54.8 cm³/mol. The lowest BCUT2D eigenvalue weighted by Crippen LogP contribution is -2.51. The van der Waals surface area contributed by atoms with E-state index in [1.807, 2.05) is 0 Å². The summed E-state index contributed by atoms with van der Waals surface area (Å²) in [5, 5.41) is 10.0. The van der Waals surface area contributed by atoms with Crippen molar-refractivity contribution in [1.82, 2.24) is 4.90 Å². The molecule has 1 unspecified atom stereocenters. The summed E-state index contributed by atoms with van der Waals surface area (Å²) in [7, 11) is 0. The molecule has 15 heavy (non-hydrogen) atoms. The summed E-state index contributed by atoms with van der Waals surface area (Å²) >= 11 is 0. The molecular weight excluding hydrogens is 196 g/mol. The van der Waals surface area contributed by atoms with Crippen molar-refractivity contribution in [3.63, 3.8) is 0 Å². The van der Waals surface area contributed by atoms with Crippen LogP contribution in [-0.4, -0.2) is 40.5 Å². The van der Waals surface area contributed by atoms with Gasteiger partial charge in [-0.25, -0.2) is 0 Å². The Balaban J connectivity index is 2.65. The summed E-state index contributed by atoms with van der Waals surface area (Å²) in [4.78, 5) is 23.6. The van der Waals surface area contributed by atoms with Gasteiger partial charge in [0, 0.05) is 6.54 Å². The topological polar surface area (TPSA) is 83.6 Å². The van der Waals surface area contributed by atoms with Gasteiger partial charge in [-0.2, -0.15) is 0 Å². The van der Waals surface area contributed by atoms with Crippen molar-refractivity contribution in [2.75, 3.05) is 13.1 Å². The highest BCUT2D eigenvalue weighted by molar-refractivity contribution is 5.87. The van der Waals surface area contributed by atoms with E-state index in [-0.39, 0.29) is 18.9 Å². The Kier molecular flexibility index (Phi) is 3.47. The minimum atomic E-state index is -1.16. The molecule has 0 aromatic carbocycles. The van der Waals surface area contributed by atoms with Crippen molar-refractivity contribution < 1.29 is 14.7 Å². The minimum absolute atomic E-state index is 0.103. The fourth-order valence-electron chi connectivity index (χ4n) is 1.90. The van der Waals surface area contributed by atoms with E-state index in [1.54, 1.807) is 0 Å². The predicted octanol–water partition coefficient (Wildman–Crippen LogP) is -0.599. The smallest absolute Gasteiger partial charge is 0.246 e. The summed E-state index contributed by atoms with van der Waals surface area (Å²) in [6.45, 7) is 4.12. The maximum Gasteiger partial charge on any atom is 0.246 e. The number of hydrogen-bond acceptors (Lipinski definition) is 3. The number of likely N-dealkylation sites (tertiary alicyclic amines) is 1. The Labute approximate surface area is 88.5 Å². The van der Waals surface area contributed by atoms with Crippen LogP contribution in [-0.2, 0) is 9.59 Å². The fraction of sp³-hybridized carbons (Fsp3) is 0.600. The molecule has 1 heterocycles. The molecule has 0 aromatic heterocycles. The number of hydrogen-bond donors (Lipinski definition) is 2. The molecule has 5 nitrogen and oxygen atoms in total. The van der Waals surface area contributed by atoms with Gasteiger partial charge >= 0.3 is 0 Å². The molecule has 1 rings (SSSR count). The Morgan fingerprint density at radius 1 is 1.60 bits per heavy atom. The monoisotopic (exact) mass is 212 g/mol. The zero-order valence-electron chi connectivity index (χ0n) is 8.61. The van der Waals surface area contributed by atoms with Crippen LogP contribution >= 0.6 is 0 Å². The van der Waals surface area contributed by atoms with E-state index in [9.17, 15) is 14.7 Å². The molecule has 84 valence electrons. The molecule has 0 bridgehead atoms. The second-order valence-corrected chi connectivity index (χ2v) is 3.93. The van der Waals surface area contributed by atoms with Gasteiger partial charge in [-0.1, -0.05) is 6.58 Å². The number of primary amides is 1. The van der Waals surface area contributed by atoms with Crippen molar-refractivity contribution >= 4 is 11.8 Å². The molecule has 1 aliphatic heterocycles. The average Bonchev–Trinajstić information content (AvgIpc) is 2.14. The van der Waals surface area contributed by atoms with Gasteiger partial charge in [-0.15, -0.1) is 0 Å². The number of β-amino-alcohol motifs (C(OH)–C–C–N with tert-alkyl or cyclic N) is 1. The Morgan fingerprint density at radius 3 is 2.80 bits per heavy atom. The van der Waals surface area contributed by atoms with E-state index < -0.39 is 11.5 Å². The first-order valence-corrected chi connectivity index (χ1v) is 4.89. The third kappa shape index (κ3) is 3.06. The van der Waals surface area contributed by atoms with Gasteiger partial charge < -0.3 is 15.7 Å². The van der Waals surface area contributed by atoms with Crippen LogP contribution in [0.1, 0.15) is 19.3 Å². The minimum Gasteiger partial charge on any atom is -0.388 e. The number of carbonyl (C=O) groups excluding carboxylic acids is 2. The number of nitrogens with two attached hydrogens (primary N) is 1. The van der Waals surface area contributed by atoms with Crippen LogP contribution in [0.25, 0.3) is 0 Å². The van der Waals surface area contributed by atoms with E-state index in [2.05, 4.69) is 6.58 Å². The molecule has 1 aliphatic rings. The highest BCUT2D eigenvalue weighted by Crippen LogP contribution is 2.24. The molecule has 0 saturated carbocycles. The van der Waals surface area contributed by atoms with Gasteiger partial charge in [-0.05, 0) is 18.9 Å². The lowest BCUT2D eigenvalue weighted by atomic mass is 9.89. The summed E-state index contributed by atoms with van der Waals surface area (Å²) in [6.07, 6.45) is 2.27. The summed E-state index contributed by atoms with van der Waals surface area (Å²) in [5.74, 6) is -0.775. The highest BCUT2D eigenvalue weighted by atomic mass is 16.3. The van der Waals surface area contributed by atoms with Crippen LogP contribution < -0.4 is 5.73 Å². The molecule has 1 saturated heterocycles. The first-order chi connectivity index (χ1) is 6.97. The largest absolute Gasteiger partial charge is 0.388 e. The SMILES string of the molecule is C=CC(=O)N1CCCC(O)(CC(N)=O)C1. The molecule has 3 N–H and O–H groups in total. The van der Waals surface area contributed by atoms with Gasteiger partial charge in [0.1, 0.15) is 0 Å². The maximum absolute atomic E-state index is 11.3. The van der Waals surface area contributed by atoms with E-state index in [0.717, 1.165) is 0 Å². The number of carbonyl (C=O) groups is 2. The van der Waals surface area contributed by atoms with Crippen molar-refractivity contribution in [2.24, 2.45) is 5.73 Å². The zero-order chi connectivity index (χ0) is 11.5. The van der Waals surface area contributed by atoms with Crippen LogP contribution in [0.2, 0.25) is 0 Å². The van der Waals surface area contributed by atoms with Crippen molar-refractivity contribution in [3.8, 4) is 0 Å². The molecule has 0 radical (unpaired) electrons. The van der Waals surface area contributed by atoms with Gasteiger partial charge in [0.25, 0.3) is 0 Å². The lowest BCUT2D eigenvalue weighted by Gasteiger charge is -2.38. The second kappa shape index (κ2) is 4.44. The molecule has 0 aromatic rings. The standard InChI is InChI=1S/C10H16N2O3/c1-2-9(14)12-5-3-4-10(15,7-12)6-8(11)13/h2,15H,1,3-7H2,(H2,11,13). The average molecular weight is 212 g/mol. The maximum atomic E-state index is 11.3. The quantitative estimate of drug-likeness (QED) is 0.613. The Hall–Kier alpha value is -1.36. The van der Waals surface area contributed by atoms with Crippen LogP contribution in [0.15, 0.2) is 12.7 Å². The van der Waals surface area contributed by atoms with Crippen molar-refractivity contribution in [3.05, 3.63) is 12.7 Å². The molecule has 5 heteroatoms. The van der Waals surface area contributed by atoms with Crippen molar-refractivity contribution in [2.45, 2.75) is 24.9 Å². The van der Waals surface area contributed by atoms with Crippen LogP contribution in [0, 0.1) is 0 Å². The number of amides is 2. The molecule has 0 aliphatic carbocycles. The number of nitrogens with zero attached hydrogens (tertiary/aromatic N) is 1. The number of rotatable bonds is 3. The van der Waals surface area contributed by atoms with E-state index >= 15 is 0 Å². The summed E-state index contributed by atoms with van der Waals surface area (Å²) in [5.41, 5.74) is 3.88. The Bertz CT molecular complexity index is 290. The fourth-order valence-corrected chi connectivity index (χ4v) is 1.90. The van der Waals surface area contributed by atoms with Gasteiger partial charge in [0.15, 0.2) is 0 Å². The first-order valence-electron chi connectivity index (χ1n) is 4.89. The van der Waals surface area contributed by atoms with Gasteiger partial charge in [0.05, 0.1) is 18.6 Å². The first kappa shape index (κ1) is 11.7. The second-order valence-electron chi connectivity index (χ2n) is 3.93. The molecule has 0 spiro atoms. The van der Waals surface area contributed by atoms with Gasteiger partial charge in [0.2, 0.25) is 11.8 Å². The van der Waals surface area contributed by atoms with E-state index in [4.69, 9.17) is 5.73 Å².